The van der Waals surface area contributed by atoms with Gasteiger partial charge in [0.25, 0.3) is 0 Å². The van der Waals surface area contributed by atoms with Crippen LogP contribution in [0.1, 0.15) is 69.1 Å². The van der Waals surface area contributed by atoms with E-state index in [9.17, 15) is 0 Å². The highest BCUT2D eigenvalue weighted by Gasteiger charge is 2.23. The molecule has 1 aromatic rings. The molecule has 0 aliphatic heterocycles. The average Bonchev–Trinajstić information content (AvgIpc) is 3.31. The maximum atomic E-state index is 6.20. The molecule has 0 saturated heterocycles. The summed E-state index contributed by atoms with van der Waals surface area (Å²) in [4.78, 5) is 0. The lowest BCUT2D eigenvalue weighted by molar-refractivity contribution is 0.0491. The summed E-state index contributed by atoms with van der Waals surface area (Å²) in [5, 5.41) is 3.62. The van der Waals surface area contributed by atoms with Crippen LogP contribution in [0.2, 0.25) is 0 Å². The van der Waals surface area contributed by atoms with Gasteiger partial charge < -0.3 is 10.1 Å². The Labute approximate surface area is 130 Å². The van der Waals surface area contributed by atoms with E-state index in [4.69, 9.17) is 4.74 Å². The summed E-state index contributed by atoms with van der Waals surface area (Å²) in [5.74, 6) is 0. The molecule has 0 aromatic heterocycles. The van der Waals surface area contributed by atoms with Gasteiger partial charge in [-0.05, 0) is 37.3 Å². The molecule has 1 N–H and O–H groups in total. The van der Waals surface area contributed by atoms with Gasteiger partial charge in [-0.1, -0.05) is 56.9 Å². The van der Waals surface area contributed by atoms with Crippen LogP contribution in [0, 0.1) is 6.92 Å². The summed E-state index contributed by atoms with van der Waals surface area (Å²) >= 11 is 0. The van der Waals surface area contributed by atoms with E-state index in [0.717, 1.165) is 19.2 Å². The number of ether oxygens (including phenoxy) is 1. The van der Waals surface area contributed by atoms with E-state index in [-0.39, 0.29) is 6.10 Å². The number of rotatable bonds is 11. The Hall–Kier alpha value is -0.860. The first-order valence-corrected chi connectivity index (χ1v) is 8.71. The number of unbranched alkanes of at least 4 members (excludes halogenated alkanes) is 4. The van der Waals surface area contributed by atoms with E-state index in [2.05, 4.69) is 43.4 Å². The van der Waals surface area contributed by atoms with Crippen molar-refractivity contribution in [2.75, 3.05) is 13.2 Å². The van der Waals surface area contributed by atoms with Crippen LogP contribution < -0.4 is 5.32 Å². The Balaban J connectivity index is 1.79. The standard InChI is InChI=1S/C19H31NO/c1-3-4-5-6-9-14-21-19(15-20-17-12-13-17)18-11-8-7-10-16(18)2/h7-8,10-11,17,19-20H,3-6,9,12-15H2,1-2H3. The van der Waals surface area contributed by atoms with Crippen LogP contribution in [0.5, 0.6) is 0 Å². The number of hydrogen-bond acceptors (Lipinski definition) is 2. The zero-order chi connectivity index (χ0) is 14.9. The summed E-state index contributed by atoms with van der Waals surface area (Å²) in [5.41, 5.74) is 2.69. The average molecular weight is 289 g/mol. The van der Waals surface area contributed by atoms with Crippen molar-refractivity contribution in [1.82, 2.24) is 5.32 Å². The normalized spacial score (nSPS) is 16.1. The van der Waals surface area contributed by atoms with Crippen LogP contribution in [0.15, 0.2) is 24.3 Å². The number of hydrogen-bond donors (Lipinski definition) is 1. The second-order valence-corrected chi connectivity index (χ2v) is 6.31. The van der Waals surface area contributed by atoms with E-state index in [1.54, 1.807) is 0 Å². The van der Waals surface area contributed by atoms with Crippen molar-refractivity contribution in [2.45, 2.75) is 70.9 Å². The fraction of sp³-hybridized carbons (Fsp3) is 0.684. The molecule has 0 spiro atoms. The van der Waals surface area contributed by atoms with Crippen LogP contribution in [0.4, 0.5) is 0 Å². The van der Waals surface area contributed by atoms with Gasteiger partial charge in [0.15, 0.2) is 0 Å². The van der Waals surface area contributed by atoms with Crippen molar-refractivity contribution >= 4 is 0 Å². The maximum absolute atomic E-state index is 6.20. The molecule has 1 fully saturated rings. The van der Waals surface area contributed by atoms with Gasteiger partial charge >= 0.3 is 0 Å². The first-order chi connectivity index (χ1) is 10.3. The largest absolute Gasteiger partial charge is 0.372 e. The fourth-order valence-electron chi connectivity index (χ4n) is 2.70. The van der Waals surface area contributed by atoms with Gasteiger partial charge in [0.2, 0.25) is 0 Å². The Morgan fingerprint density at radius 3 is 2.62 bits per heavy atom. The second kappa shape index (κ2) is 9.22. The summed E-state index contributed by atoms with van der Waals surface area (Å²) in [6, 6.07) is 9.37. The van der Waals surface area contributed by atoms with Gasteiger partial charge in [0.1, 0.15) is 0 Å². The minimum Gasteiger partial charge on any atom is -0.372 e. The molecule has 2 rings (SSSR count). The van der Waals surface area contributed by atoms with E-state index in [0.29, 0.717) is 0 Å². The molecule has 0 bridgehead atoms. The highest BCUT2D eigenvalue weighted by atomic mass is 16.5. The SMILES string of the molecule is CCCCCCCOC(CNC1CC1)c1ccccc1C. The van der Waals surface area contributed by atoms with Gasteiger partial charge in [-0.15, -0.1) is 0 Å². The zero-order valence-electron chi connectivity index (χ0n) is 13.7. The van der Waals surface area contributed by atoms with Gasteiger partial charge in [0, 0.05) is 19.2 Å². The first kappa shape index (κ1) is 16.5. The van der Waals surface area contributed by atoms with Crippen molar-refractivity contribution in [1.29, 1.82) is 0 Å². The smallest absolute Gasteiger partial charge is 0.0951 e. The number of nitrogens with one attached hydrogen (secondary N) is 1. The predicted molar refractivity (Wildman–Crippen MR) is 89.7 cm³/mol. The molecule has 1 saturated carbocycles. The van der Waals surface area contributed by atoms with Crippen LogP contribution >= 0.6 is 0 Å². The first-order valence-electron chi connectivity index (χ1n) is 8.71. The molecule has 0 amide bonds. The molecule has 2 nitrogen and oxygen atoms in total. The Morgan fingerprint density at radius 1 is 1.14 bits per heavy atom. The topological polar surface area (TPSA) is 21.3 Å². The summed E-state index contributed by atoms with van der Waals surface area (Å²) < 4.78 is 6.20. The highest BCUT2D eigenvalue weighted by molar-refractivity contribution is 5.28. The van der Waals surface area contributed by atoms with E-state index in [1.807, 2.05) is 0 Å². The lowest BCUT2D eigenvalue weighted by Gasteiger charge is -2.21. The molecular weight excluding hydrogens is 258 g/mol. The van der Waals surface area contributed by atoms with Gasteiger partial charge in [-0.2, -0.15) is 0 Å². The minimum atomic E-state index is 0.206. The van der Waals surface area contributed by atoms with Crippen LogP contribution in [-0.4, -0.2) is 19.2 Å². The number of aryl methyl sites for hydroxylation is 1. The molecule has 1 unspecified atom stereocenters. The molecule has 118 valence electrons. The summed E-state index contributed by atoms with van der Waals surface area (Å²) in [7, 11) is 0. The van der Waals surface area contributed by atoms with E-state index in [1.165, 1.54) is 56.1 Å². The Kier molecular flexibility index (Phi) is 7.25. The molecule has 0 radical (unpaired) electrons. The summed E-state index contributed by atoms with van der Waals surface area (Å²) in [6.45, 7) is 6.28. The van der Waals surface area contributed by atoms with Crippen molar-refractivity contribution in [3.8, 4) is 0 Å². The summed E-state index contributed by atoms with van der Waals surface area (Å²) in [6.07, 6.45) is 9.35. The van der Waals surface area contributed by atoms with Gasteiger partial charge in [-0.3, -0.25) is 0 Å². The number of benzene rings is 1. The van der Waals surface area contributed by atoms with Crippen LogP contribution in [0.25, 0.3) is 0 Å². The Bertz CT molecular complexity index is 400. The van der Waals surface area contributed by atoms with E-state index >= 15 is 0 Å². The Morgan fingerprint density at radius 2 is 1.90 bits per heavy atom. The molecule has 2 heteroatoms. The van der Waals surface area contributed by atoms with Crippen molar-refractivity contribution < 1.29 is 4.74 Å². The third-order valence-electron chi connectivity index (χ3n) is 4.27. The lowest BCUT2D eigenvalue weighted by Crippen LogP contribution is -2.26. The second-order valence-electron chi connectivity index (χ2n) is 6.31. The molecule has 1 aromatic carbocycles. The highest BCUT2D eigenvalue weighted by Crippen LogP contribution is 2.24. The quantitative estimate of drug-likeness (QED) is 0.592. The fourth-order valence-corrected chi connectivity index (χ4v) is 2.70. The molecule has 0 heterocycles. The molecular formula is C19H31NO. The van der Waals surface area contributed by atoms with Crippen molar-refractivity contribution in [2.24, 2.45) is 0 Å². The van der Waals surface area contributed by atoms with E-state index < -0.39 is 0 Å². The minimum absolute atomic E-state index is 0.206. The monoisotopic (exact) mass is 289 g/mol. The van der Waals surface area contributed by atoms with Gasteiger partial charge in [-0.25, -0.2) is 0 Å². The lowest BCUT2D eigenvalue weighted by atomic mass is 10.0. The third kappa shape index (κ3) is 6.19. The molecule has 21 heavy (non-hydrogen) atoms. The maximum Gasteiger partial charge on any atom is 0.0951 e. The van der Waals surface area contributed by atoms with Crippen molar-refractivity contribution in [3.05, 3.63) is 35.4 Å². The zero-order valence-corrected chi connectivity index (χ0v) is 13.7. The molecule has 1 atom stereocenters. The predicted octanol–water partition coefficient (Wildman–Crippen LogP) is 4.78. The van der Waals surface area contributed by atoms with Crippen LogP contribution in [-0.2, 0) is 4.74 Å². The van der Waals surface area contributed by atoms with Crippen molar-refractivity contribution in [3.63, 3.8) is 0 Å². The molecule has 1 aliphatic rings. The third-order valence-corrected chi connectivity index (χ3v) is 4.27. The van der Waals surface area contributed by atoms with Gasteiger partial charge in [0.05, 0.1) is 6.10 Å². The van der Waals surface area contributed by atoms with Crippen LogP contribution in [0.3, 0.4) is 0 Å². The molecule has 1 aliphatic carbocycles.